The van der Waals surface area contributed by atoms with Crippen LogP contribution in [0.2, 0.25) is 0 Å². The summed E-state index contributed by atoms with van der Waals surface area (Å²) in [5.74, 6) is 0. The molecule has 1 N–H and O–H groups in total. The number of hydrogen-bond acceptors (Lipinski definition) is 5. The number of benzene rings is 2. The lowest BCUT2D eigenvalue weighted by Crippen LogP contribution is -2.00. The summed E-state index contributed by atoms with van der Waals surface area (Å²) in [6.07, 6.45) is 0. The Hall–Kier alpha value is -2.18. The fraction of sp³-hybridized carbons (Fsp3) is 0.0714. The van der Waals surface area contributed by atoms with Gasteiger partial charge in [0.1, 0.15) is 5.44 Å². The fourth-order valence-electron chi connectivity index (χ4n) is 1.57. The molecule has 0 radical (unpaired) electrons. The molecule has 0 fully saturated rings. The van der Waals surface area contributed by atoms with Crippen LogP contribution in [0.25, 0.3) is 0 Å². The zero-order chi connectivity index (χ0) is 14.5. The second kappa shape index (κ2) is 6.31. The Balaban J connectivity index is 2.06. The van der Waals surface area contributed by atoms with Gasteiger partial charge in [0.15, 0.2) is 0 Å². The molecule has 0 heterocycles. The van der Waals surface area contributed by atoms with E-state index >= 15 is 0 Å². The highest BCUT2D eigenvalue weighted by Gasteiger charge is 2.16. The van der Waals surface area contributed by atoms with Gasteiger partial charge in [-0.25, -0.2) is 0 Å². The number of nitrogens with zero attached hydrogens (tertiary/aromatic N) is 1. The summed E-state index contributed by atoms with van der Waals surface area (Å²) < 4.78 is 0. The summed E-state index contributed by atoms with van der Waals surface area (Å²) in [7, 11) is 0. The number of thioether (sulfide) groups is 1. The summed E-state index contributed by atoms with van der Waals surface area (Å²) in [4.78, 5) is 21.9. The average Bonchev–Trinajstić information content (AvgIpc) is 2.48. The number of carbonyl (C=O) groups excluding carboxylic acids is 1. The number of aliphatic hydroxyl groups excluding tert-OH is 1. The van der Waals surface area contributed by atoms with Gasteiger partial charge in [-0.1, -0.05) is 30.3 Å². The number of nitro groups is 1. The first-order valence-corrected chi connectivity index (χ1v) is 6.64. The third-order valence-corrected chi connectivity index (χ3v) is 3.56. The van der Waals surface area contributed by atoms with E-state index in [1.54, 1.807) is 30.3 Å². The minimum absolute atomic E-state index is 0.0552. The Morgan fingerprint density at radius 2 is 1.70 bits per heavy atom. The molecule has 1 atom stereocenters. The van der Waals surface area contributed by atoms with Crippen LogP contribution in [0.4, 0.5) is 5.69 Å². The summed E-state index contributed by atoms with van der Waals surface area (Å²) >= 11 is 0.767. The van der Waals surface area contributed by atoms with E-state index in [1.807, 2.05) is 0 Å². The largest absolute Gasteiger partial charge is 0.378 e. The number of nitro benzene ring substituents is 1. The predicted octanol–water partition coefficient (Wildman–Crippen LogP) is 3.16. The van der Waals surface area contributed by atoms with Crippen molar-refractivity contribution in [2.75, 3.05) is 0 Å². The molecule has 0 amide bonds. The lowest BCUT2D eigenvalue weighted by Gasteiger charge is -2.09. The van der Waals surface area contributed by atoms with Crippen LogP contribution in [-0.4, -0.2) is 15.1 Å². The highest BCUT2D eigenvalue weighted by Crippen LogP contribution is 2.29. The van der Waals surface area contributed by atoms with E-state index < -0.39 is 10.4 Å². The van der Waals surface area contributed by atoms with Crippen molar-refractivity contribution in [3.63, 3.8) is 0 Å². The third-order valence-electron chi connectivity index (χ3n) is 2.62. The third kappa shape index (κ3) is 3.43. The van der Waals surface area contributed by atoms with Gasteiger partial charge in [-0.15, -0.1) is 0 Å². The van der Waals surface area contributed by atoms with Gasteiger partial charge in [0.25, 0.3) is 5.69 Å². The predicted molar refractivity (Wildman–Crippen MR) is 76.4 cm³/mol. The topological polar surface area (TPSA) is 80.4 Å². The van der Waals surface area contributed by atoms with Gasteiger partial charge in [-0.2, -0.15) is 0 Å². The Morgan fingerprint density at radius 3 is 2.25 bits per heavy atom. The number of non-ortho nitro benzene ring substituents is 1. The molecule has 0 aliphatic heterocycles. The van der Waals surface area contributed by atoms with E-state index in [0.29, 0.717) is 11.1 Å². The summed E-state index contributed by atoms with van der Waals surface area (Å²) in [6, 6.07) is 14.1. The summed E-state index contributed by atoms with van der Waals surface area (Å²) in [5, 5.41) is 20.2. The first kappa shape index (κ1) is 14.2. The van der Waals surface area contributed by atoms with Crippen LogP contribution in [0.3, 0.4) is 0 Å². The van der Waals surface area contributed by atoms with Crippen molar-refractivity contribution in [1.29, 1.82) is 0 Å². The van der Waals surface area contributed by atoms with Crippen LogP contribution < -0.4 is 0 Å². The Bertz CT molecular complexity index is 613. The SMILES string of the molecule is O=C(SC(O)c1ccc([N+](=O)[O-])cc1)c1ccccc1. The molecule has 0 spiro atoms. The second-order valence-corrected chi connectivity index (χ2v) is 5.03. The van der Waals surface area contributed by atoms with Crippen LogP contribution in [0.1, 0.15) is 21.4 Å². The minimum atomic E-state index is -1.05. The monoisotopic (exact) mass is 289 g/mol. The van der Waals surface area contributed by atoms with Crippen LogP contribution in [0.15, 0.2) is 54.6 Å². The number of aliphatic hydroxyl groups is 1. The van der Waals surface area contributed by atoms with Crippen molar-refractivity contribution < 1.29 is 14.8 Å². The molecule has 0 saturated heterocycles. The highest BCUT2D eigenvalue weighted by molar-refractivity contribution is 8.14. The van der Waals surface area contributed by atoms with Gasteiger partial charge >= 0.3 is 0 Å². The fourth-order valence-corrected chi connectivity index (χ4v) is 2.34. The van der Waals surface area contributed by atoms with Crippen LogP contribution in [0, 0.1) is 10.1 Å². The van der Waals surface area contributed by atoms with Gasteiger partial charge in [-0.05, 0) is 29.5 Å². The van der Waals surface area contributed by atoms with E-state index in [-0.39, 0.29) is 10.8 Å². The molecule has 20 heavy (non-hydrogen) atoms. The molecule has 0 aliphatic rings. The quantitative estimate of drug-likeness (QED) is 0.531. The van der Waals surface area contributed by atoms with Gasteiger partial charge in [-0.3, -0.25) is 14.9 Å². The van der Waals surface area contributed by atoms with E-state index in [2.05, 4.69) is 0 Å². The smallest absolute Gasteiger partial charge is 0.269 e. The molecule has 2 rings (SSSR count). The molecular weight excluding hydrogens is 278 g/mol. The van der Waals surface area contributed by atoms with Crippen LogP contribution in [-0.2, 0) is 0 Å². The summed E-state index contributed by atoms with van der Waals surface area (Å²) in [6.45, 7) is 0. The maximum Gasteiger partial charge on any atom is 0.269 e. The number of carbonyl (C=O) groups is 1. The van der Waals surface area contributed by atoms with Crippen molar-refractivity contribution in [3.05, 3.63) is 75.8 Å². The maximum atomic E-state index is 11.9. The molecule has 1 unspecified atom stereocenters. The normalized spacial score (nSPS) is 11.8. The summed E-state index contributed by atoms with van der Waals surface area (Å²) in [5.41, 5.74) is -0.160. The first-order chi connectivity index (χ1) is 9.58. The molecule has 2 aromatic rings. The molecular formula is C14H11NO4S. The minimum Gasteiger partial charge on any atom is -0.378 e. The molecule has 0 saturated carbocycles. The Labute approximate surface area is 119 Å². The maximum absolute atomic E-state index is 11.9. The van der Waals surface area contributed by atoms with Crippen LogP contribution >= 0.6 is 11.8 Å². The van der Waals surface area contributed by atoms with Crippen LogP contribution in [0.5, 0.6) is 0 Å². The molecule has 0 bridgehead atoms. The molecule has 0 aliphatic carbocycles. The zero-order valence-electron chi connectivity index (χ0n) is 10.3. The Kier molecular flexibility index (Phi) is 4.49. The van der Waals surface area contributed by atoms with Crippen molar-refractivity contribution in [3.8, 4) is 0 Å². The van der Waals surface area contributed by atoms with Gasteiger partial charge < -0.3 is 5.11 Å². The van der Waals surface area contributed by atoms with E-state index in [9.17, 15) is 20.0 Å². The van der Waals surface area contributed by atoms with Crippen molar-refractivity contribution >= 4 is 22.6 Å². The standard InChI is InChI=1S/C14H11NO4S/c16-13(10-4-2-1-3-5-10)20-14(17)11-6-8-12(9-7-11)15(18)19/h1-9,14,17H. The zero-order valence-corrected chi connectivity index (χ0v) is 11.1. The van der Waals surface area contributed by atoms with Crippen molar-refractivity contribution in [1.82, 2.24) is 0 Å². The van der Waals surface area contributed by atoms with Gasteiger partial charge in [0.05, 0.1) is 4.92 Å². The van der Waals surface area contributed by atoms with E-state index in [4.69, 9.17) is 0 Å². The number of hydrogen-bond donors (Lipinski definition) is 1. The first-order valence-electron chi connectivity index (χ1n) is 5.76. The van der Waals surface area contributed by atoms with E-state index in [0.717, 1.165) is 11.8 Å². The second-order valence-electron chi connectivity index (χ2n) is 3.97. The van der Waals surface area contributed by atoms with Gasteiger partial charge in [0.2, 0.25) is 5.12 Å². The molecule has 2 aromatic carbocycles. The van der Waals surface area contributed by atoms with E-state index in [1.165, 1.54) is 24.3 Å². The molecule has 102 valence electrons. The lowest BCUT2D eigenvalue weighted by molar-refractivity contribution is -0.384. The Morgan fingerprint density at radius 1 is 1.10 bits per heavy atom. The van der Waals surface area contributed by atoms with Gasteiger partial charge in [0, 0.05) is 17.7 Å². The molecule has 6 heteroatoms. The molecule has 0 aromatic heterocycles. The molecule has 5 nitrogen and oxygen atoms in total. The number of rotatable bonds is 4. The average molecular weight is 289 g/mol. The lowest BCUT2D eigenvalue weighted by atomic mass is 10.2. The van der Waals surface area contributed by atoms with Crippen molar-refractivity contribution in [2.45, 2.75) is 5.44 Å². The van der Waals surface area contributed by atoms with Crippen molar-refractivity contribution in [2.24, 2.45) is 0 Å². The highest BCUT2D eigenvalue weighted by atomic mass is 32.2.